The van der Waals surface area contributed by atoms with Crippen molar-refractivity contribution in [1.29, 1.82) is 0 Å². The number of aromatic nitrogens is 1. The SMILES string of the molecule is CNC(CN(C)Cc1cccnc1)c1ccc(C)c(C)c1. The van der Waals surface area contributed by atoms with Crippen LogP contribution in [0.3, 0.4) is 0 Å². The summed E-state index contributed by atoms with van der Waals surface area (Å²) in [6.45, 7) is 6.21. The van der Waals surface area contributed by atoms with Crippen LogP contribution >= 0.6 is 0 Å². The number of hydrogen-bond acceptors (Lipinski definition) is 3. The van der Waals surface area contributed by atoms with E-state index in [0.717, 1.165) is 13.1 Å². The molecule has 1 unspecified atom stereocenters. The minimum Gasteiger partial charge on any atom is -0.312 e. The molecule has 2 rings (SSSR count). The van der Waals surface area contributed by atoms with E-state index in [9.17, 15) is 0 Å². The van der Waals surface area contributed by atoms with Gasteiger partial charge in [-0.3, -0.25) is 4.98 Å². The maximum Gasteiger partial charge on any atom is 0.0446 e. The van der Waals surface area contributed by atoms with Gasteiger partial charge in [-0.1, -0.05) is 24.3 Å². The molecule has 1 N–H and O–H groups in total. The van der Waals surface area contributed by atoms with Gasteiger partial charge in [0.2, 0.25) is 0 Å². The summed E-state index contributed by atoms with van der Waals surface area (Å²) in [6, 6.07) is 11.2. The first kappa shape index (κ1) is 15.7. The van der Waals surface area contributed by atoms with E-state index in [4.69, 9.17) is 0 Å². The summed E-state index contributed by atoms with van der Waals surface area (Å²) in [5.74, 6) is 0. The van der Waals surface area contributed by atoms with Crippen molar-refractivity contribution in [3.8, 4) is 0 Å². The standard InChI is InChI=1S/C18H25N3/c1-14-7-8-17(10-15(14)2)18(19-3)13-21(4)12-16-6-5-9-20-11-16/h5-11,18-19H,12-13H2,1-4H3. The summed E-state index contributed by atoms with van der Waals surface area (Å²) in [6.07, 6.45) is 3.75. The maximum absolute atomic E-state index is 4.17. The van der Waals surface area contributed by atoms with E-state index in [2.05, 4.69) is 60.4 Å². The number of nitrogens with one attached hydrogen (secondary N) is 1. The van der Waals surface area contributed by atoms with Crippen LogP contribution in [-0.4, -0.2) is 30.5 Å². The van der Waals surface area contributed by atoms with Crippen LogP contribution in [0.4, 0.5) is 0 Å². The fourth-order valence-corrected chi connectivity index (χ4v) is 2.52. The van der Waals surface area contributed by atoms with Crippen molar-refractivity contribution in [3.63, 3.8) is 0 Å². The normalized spacial score (nSPS) is 12.6. The zero-order valence-corrected chi connectivity index (χ0v) is 13.4. The second kappa shape index (κ2) is 7.34. The van der Waals surface area contributed by atoms with E-state index >= 15 is 0 Å². The Hall–Kier alpha value is -1.71. The minimum atomic E-state index is 0.339. The van der Waals surface area contributed by atoms with Crippen molar-refractivity contribution in [1.82, 2.24) is 15.2 Å². The fraction of sp³-hybridized carbons (Fsp3) is 0.389. The van der Waals surface area contributed by atoms with E-state index < -0.39 is 0 Å². The average molecular weight is 283 g/mol. The fourth-order valence-electron chi connectivity index (χ4n) is 2.52. The number of pyridine rings is 1. The van der Waals surface area contributed by atoms with Crippen LogP contribution in [0, 0.1) is 13.8 Å². The Morgan fingerprint density at radius 3 is 2.62 bits per heavy atom. The van der Waals surface area contributed by atoms with Gasteiger partial charge in [0.1, 0.15) is 0 Å². The monoisotopic (exact) mass is 283 g/mol. The number of hydrogen-bond donors (Lipinski definition) is 1. The van der Waals surface area contributed by atoms with Gasteiger partial charge in [0, 0.05) is 31.5 Å². The molecule has 3 nitrogen and oxygen atoms in total. The minimum absolute atomic E-state index is 0.339. The lowest BCUT2D eigenvalue weighted by Gasteiger charge is -2.24. The van der Waals surface area contributed by atoms with Crippen molar-refractivity contribution < 1.29 is 0 Å². The summed E-state index contributed by atoms with van der Waals surface area (Å²) in [7, 11) is 4.18. The highest BCUT2D eigenvalue weighted by Gasteiger charge is 2.13. The molecule has 0 spiro atoms. The number of likely N-dealkylation sites (N-methyl/N-ethyl adjacent to an activating group) is 2. The topological polar surface area (TPSA) is 28.2 Å². The Morgan fingerprint density at radius 2 is 2.00 bits per heavy atom. The highest BCUT2D eigenvalue weighted by molar-refractivity contribution is 5.31. The van der Waals surface area contributed by atoms with Crippen LogP contribution in [0.2, 0.25) is 0 Å². The molecular formula is C18H25N3. The quantitative estimate of drug-likeness (QED) is 0.883. The lowest BCUT2D eigenvalue weighted by molar-refractivity contribution is 0.289. The molecule has 0 aliphatic carbocycles. The largest absolute Gasteiger partial charge is 0.312 e. The van der Waals surface area contributed by atoms with E-state index in [1.54, 1.807) is 0 Å². The van der Waals surface area contributed by atoms with Crippen molar-refractivity contribution in [2.24, 2.45) is 0 Å². The highest BCUT2D eigenvalue weighted by Crippen LogP contribution is 2.18. The second-order valence-corrected chi connectivity index (χ2v) is 5.74. The van der Waals surface area contributed by atoms with Crippen molar-refractivity contribution in [2.45, 2.75) is 26.4 Å². The molecule has 21 heavy (non-hydrogen) atoms. The molecule has 0 fully saturated rings. The molecule has 112 valence electrons. The molecule has 1 aromatic heterocycles. The molecule has 0 aliphatic heterocycles. The molecule has 0 saturated carbocycles. The second-order valence-electron chi connectivity index (χ2n) is 5.74. The molecule has 0 amide bonds. The van der Waals surface area contributed by atoms with Crippen molar-refractivity contribution in [2.75, 3.05) is 20.6 Å². The van der Waals surface area contributed by atoms with Crippen LogP contribution in [-0.2, 0) is 6.54 Å². The summed E-state index contributed by atoms with van der Waals surface area (Å²) in [5, 5.41) is 3.42. The third-order valence-corrected chi connectivity index (χ3v) is 3.95. The van der Waals surface area contributed by atoms with Crippen molar-refractivity contribution >= 4 is 0 Å². The Labute approximate surface area is 128 Å². The van der Waals surface area contributed by atoms with Gasteiger partial charge in [0.25, 0.3) is 0 Å². The van der Waals surface area contributed by atoms with Gasteiger partial charge in [-0.2, -0.15) is 0 Å². The molecule has 0 aliphatic rings. The zero-order valence-electron chi connectivity index (χ0n) is 13.4. The Bertz CT molecular complexity index is 566. The van der Waals surface area contributed by atoms with E-state index in [-0.39, 0.29) is 0 Å². The van der Waals surface area contributed by atoms with Gasteiger partial charge in [0.15, 0.2) is 0 Å². The average Bonchev–Trinajstić information content (AvgIpc) is 2.49. The maximum atomic E-state index is 4.17. The van der Waals surface area contributed by atoms with Gasteiger partial charge in [0.05, 0.1) is 0 Å². The number of rotatable bonds is 6. The molecule has 0 saturated heterocycles. The molecule has 0 bridgehead atoms. The number of nitrogens with zero attached hydrogens (tertiary/aromatic N) is 2. The molecular weight excluding hydrogens is 258 g/mol. The first-order valence-electron chi connectivity index (χ1n) is 7.42. The lowest BCUT2D eigenvalue weighted by atomic mass is 10.0. The Kier molecular flexibility index (Phi) is 5.48. The van der Waals surface area contributed by atoms with Gasteiger partial charge >= 0.3 is 0 Å². The van der Waals surface area contributed by atoms with Gasteiger partial charge in [-0.15, -0.1) is 0 Å². The van der Waals surface area contributed by atoms with Crippen LogP contribution in [0.5, 0.6) is 0 Å². The highest BCUT2D eigenvalue weighted by atomic mass is 15.1. The third kappa shape index (κ3) is 4.38. The summed E-state index contributed by atoms with van der Waals surface area (Å²) in [5.41, 5.74) is 5.29. The lowest BCUT2D eigenvalue weighted by Crippen LogP contribution is -2.31. The predicted octanol–water partition coefficient (Wildman–Crippen LogP) is 3.09. The Balaban J connectivity index is 2.02. The van der Waals surface area contributed by atoms with E-state index in [1.807, 2.05) is 25.5 Å². The van der Waals surface area contributed by atoms with Gasteiger partial charge < -0.3 is 10.2 Å². The Morgan fingerprint density at radius 1 is 1.19 bits per heavy atom. The molecule has 2 aromatic rings. The predicted molar refractivity (Wildman–Crippen MR) is 88.3 cm³/mol. The van der Waals surface area contributed by atoms with Gasteiger partial charge in [-0.25, -0.2) is 0 Å². The van der Waals surface area contributed by atoms with Gasteiger partial charge in [-0.05, 0) is 56.3 Å². The molecule has 3 heteroatoms. The van der Waals surface area contributed by atoms with Crippen LogP contribution in [0.15, 0.2) is 42.7 Å². The molecule has 1 aromatic carbocycles. The van der Waals surface area contributed by atoms with Crippen molar-refractivity contribution in [3.05, 3.63) is 65.0 Å². The zero-order chi connectivity index (χ0) is 15.2. The summed E-state index contributed by atoms with van der Waals surface area (Å²) >= 11 is 0. The molecule has 1 atom stereocenters. The van der Waals surface area contributed by atoms with Crippen LogP contribution in [0.25, 0.3) is 0 Å². The molecule has 1 heterocycles. The number of aryl methyl sites for hydroxylation is 2. The van der Waals surface area contributed by atoms with Crippen LogP contribution < -0.4 is 5.32 Å². The third-order valence-electron chi connectivity index (χ3n) is 3.95. The summed E-state index contributed by atoms with van der Waals surface area (Å²) in [4.78, 5) is 6.50. The van der Waals surface area contributed by atoms with Crippen LogP contribution in [0.1, 0.15) is 28.3 Å². The first-order chi connectivity index (χ1) is 10.1. The van der Waals surface area contributed by atoms with E-state index in [1.165, 1.54) is 22.3 Å². The molecule has 0 radical (unpaired) electrons. The van der Waals surface area contributed by atoms with E-state index in [0.29, 0.717) is 6.04 Å². The smallest absolute Gasteiger partial charge is 0.0446 e. The number of benzene rings is 1. The summed E-state index contributed by atoms with van der Waals surface area (Å²) < 4.78 is 0. The first-order valence-corrected chi connectivity index (χ1v) is 7.42.